The number of phenolic OH excluding ortho intramolecular Hbond substituents is 1. The second kappa shape index (κ2) is 11.5. The third kappa shape index (κ3) is 5.62. The highest BCUT2D eigenvalue weighted by Gasteiger charge is 2.57. The van der Waals surface area contributed by atoms with Crippen molar-refractivity contribution in [2.24, 2.45) is 5.92 Å². The van der Waals surface area contributed by atoms with Crippen molar-refractivity contribution in [1.82, 2.24) is 4.57 Å². The summed E-state index contributed by atoms with van der Waals surface area (Å²) < 4.78 is 43.3. The number of fused-ring (bicyclic) bond motifs is 2. The van der Waals surface area contributed by atoms with Crippen molar-refractivity contribution in [3.05, 3.63) is 104 Å². The fourth-order valence-corrected chi connectivity index (χ4v) is 8.61. The zero-order valence-corrected chi connectivity index (χ0v) is 26.4. The third-order valence-electron chi connectivity index (χ3n) is 8.09. The maximum Gasteiger partial charge on any atom is 0.418 e. The Hall–Kier alpha value is -4.36. The molecule has 3 atom stereocenters. The largest absolute Gasteiger partial charge is 0.508 e. The number of hydrogen-bond acceptors (Lipinski definition) is 7. The van der Waals surface area contributed by atoms with Gasteiger partial charge in [-0.05, 0) is 52.9 Å². The van der Waals surface area contributed by atoms with Gasteiger partial charge in [0.05, 0.1) is 22.2 Å². The molecular weight excluding hydrogens is 640 g/mol. The number of amides is 3. The molecule has 3 heterocycles. The molecular formula is C33H28F3N3O5S2. The number of thioether (sulfide) groups is 1. The molecule has 2 aliphatic heterocycles. The van der Waals surface area contributed by atoms with Gasteiger partial charge in [0.1, 0.15) is 17.5 Å². The Morgan fingerprint density at radius 2 is 1.57 bits per heavy atom. The van der Waals surface area contributed by atoms with E-state index in [2.05, 4.69) is 5.32 Å². The van der Waals surface area contributed by atoms with Gasteiger partial charge in [-0.1, -0.05) is 80.3 Å². The zero-order chi connectivity index (χ0) is 33.1. The van der Waals surface area contributed by atoms with Gasteiger partial charge in [-0.25, -0.2) is 4.90 Å². The van der Waals surface area contributed by atoms with Crippen LogP contribution in [0.5, 0.6) is 5.75 Å². The first-order valence-corrected chi connectivity index (χ1v) is 16.0. The maximum absolute atomic E-state index is 14.1. The van der Waals surface area contributed by atoms with Crippen molar-refractivity contribution >= 4 is 52.2 Å². The summed E-state index contributed by atoms with van der Waals surface area (Å²) in [7, 11) is 0. The summed E-state index contributed by atoms with van der Waals surface area (Å²) in [6.45, 7) is 5.71. The highest BCUT2D eigenvalue weighted by molar-refractivity contribution is 8.00. The minimum absolute atomic E-state index is 0.0105. The van der Waals surface area contributed by atoms with Gasteiger partial charge in [-0.3, -0.25) is 23.7 Å². The van der Waals surface area contributed by atoms with Crippen LogP contribution in [0.2, 0.25) is 0 Å². The fraction of sp³-hybridized carbons (Fsp3) is 0.273. The molecule has 1 fully saturated rings. The Morgan fingerprint density at radius 3 is 2.20 bits per heavy atom. The molecule has 6 rings (SSSR count). The average Bonchev–Trinajstić information content (AvgIpc) is 3.43. The van der Waals surface area contributed by atoms with E-state index in [9.17, 15) is 37.5 Å². The van der Waals surface area contributed by atoms with Gasteiger partial charge < -0.3 is 10.4 Å². The van der Waals surface area contributed by atoms with E-state index in [4.69, 9.17) is 0 Å². The van der Waals surface area contributed by atoms with Gasteiger partial charge in [0.2, 0.25) is 17.7 Å². The molecule has 0 spiro atoms. The van der Waals surface area contributed by atoms with Crippen LogP contribution in [0.15, 0.2) is 82.6 Å². The molecule has 4 aromatic rings. The van der Waals surface area contributed by atoms with Gasteiger partial charge in [0.25, 0.3) is 0 Å². The first-order valence-electron chi connectivity index (χ1n) is 14.3. The number of nitrogens with zero attached hydrogens (tertiary/aromatic N) is 2. The number of thiazole rings is 1. The Kier molecular flexibility index (Phi) is 7.88. The first kappa shape index (κ1) is 31.6. The van der Waals surface area contributed by atoms with E-state index in [-0.39, 0.29) is 11.2 Å². The maximum atomic E-state index is 14.1. The van der Waals surface area contributed by atoms with E-state index >= 15 is 0 Å². The van der Waals surface area contributed by atoms with E-state index in [0.29, 0.717) is 26.1 Å². The summed E-state index contributed by atoms with van der Waals surface area (Å²) in [5.74, 6) is -4.06. The molecule has 2 N–H and O–H groups in total. The monoisotopic (exact) mass is 667 g/mol. The highest BCUT2D eigenvalue weighted by Crippen LogP contribution is 2.54. The molecule has 0 aliphatic carbocycles. The minimum Gasteiger partial charge on any atom is -0.508 e. The van der Waals surface area contributed by atoms with E-state index in [1.165, 1.54) is 41.0 Å². The summed E-state index contributed by atoms with van der Waals surface area (Å²) in [5.41, 5.74) is 0.174. The van der Waals surface area contributed by atoms with Crippen molar-refractivity contribution in [3.63, 3.8) is 0 Å². The number of aromatic nitrogens is 1. The molecule has 8 nitrogen and oxygen atoms in total. The Balaban J connectivity index is 1.44. The lowest BCUT2D eigenvalue weighted by Gasteiger charge is -2.31. The number of phenols is 1. The number of aromatic hydroxyl groups is 1. The summed E-state index contributed by atoms with van der Waals surface area (Å²) in [6.07, 6.45) is -4.82. The molecule has 1 saturated heterocycles. The van der Waals surface area contributed by atoms with Crippen LogP contribution in [-0.4, -0.2) is 32.6 Å². The van der Waals surface area contributed by atoms with Gasteiger partial charge in [0, 0.05) is 16.5 Å². The van der Waals surface area contributed by atoms with Crippen LogP contribution in [0.3, 0.4) is 0 Å². The number of halogens is 3. The first-order chi connectivity index (χ1) is 21.6. The molecule has 1 aromatic heterocycles. The van der Waals surface area contributed by atoms with Gasteiger partial charge in [-0.15, -0.1) is 0 Å². The fourth-order valence-electron chi connectivity index (χ4n) is 5.84. The van der Waals surface area contributed by atoms with E-state index in [0.717, 1.165) is 40.8 Å². The van der Waals surface area contributed by atoms with Crippen LogP contribution in [0.4, 0.5) is 24.5 Å². The molecule has 0 radical (unpaired) electrons. The Morgan fingerprint density at radius 1 is 0.913 bits per heavy atom. The Labute approximate surface area is 269 Å². The summed E-state index contributed by atoms with van der Waals surface area (Å²) in [4.78, 5) is 55.1. The Bertz CT molecular complexity index is 1910. The van der Waals surface area contributed by atoms with Gasteiger partial charge in [-0.2, -0.15) is 13.2 Å². The highest BCUT2D eigenvalue weighted by atomic mass is 32.2. The van der Waals surface area contributed by atoms with Crippen LogP contribution in [-0.2, 0) is 32.5 Å². The second-order valence-electron chi connectivity index (χ2n) is 12.2. The third-order valence-corrected chi connectivity index (χ3v) is 10.7. The standard InChI is InChI=1S/C33H28F3N3O5S2/c1-32(2,3)18-10-8-17(9-11-18)24-25-26(29(43)39(28(25)42)22-7-5-4-6-21(22)33(34,35)36)45-30-27(24)46-31(44)38(30)16-23(41)37-19-12-14-20(40)15-13-19/h4-15,24-26,40H,16H2,1-3H3,(H,37,41)/t24-,25?,26?/m1/s1. The van der Waals surface area contributed by atoms with Gasteiger partial charge >= 0.3 is 11.0 Å². The van der Waals surface area contributed by atoms with Crippen molar-refractivity contribution in [3.8, 4) is 5.75 Å². The number of carbonyl (C=O) groups is 3. The molecule has 2 unspecified atom stereocenters. The molecule has 3 amide bonds. The summed E-state index contributed by atoms with van der Waals surface area (Å²) in [5, 5.41) is 11.4. The van der Waals surface area contributed by atoms with E-state index in [1.54, 1.807) is 0 Å². The van der Waals surface area contributed by atoms with Crippen molar-refractivity contribution in [1.29, 1.82) is 0 Å². The quantitative estimate of drug-likeness (QED) is 0.189. The normalized spacial score (nSPS) is 19.6. The van der Waals surface area contributed by atoms with Crippen LogP contribution < -0.4 is 15.1 Å². The number of hydrogen-bond donors (Lipinski definition) is 2. The smallest absolute Gasteiger partial charge is 0.418 e. The molecule has 0 bridgehead atoms. The lowest BCUT2D eigenvalue weighted by molar-refractivity contribution is -0.137. The van der Waals surface area contributed by atoms with Gasteiger partial charge in [0.15, 0.2) is 0 Å². The predicted octanol–water partition coefficient (Wildman–Crippen LogP) is 6.37. The zero-order valence-electron chi connectivity index (χ0n) is 24.8. The molecule has 2 aliphatic rings. The number of anilines is 2. The summed E-state index contributed by atoms with van der Waals surface area (Å²) in [6, 6.07) is 17.7. The summed E-state index contributed by atoms with van der Waals surface area (Å²) >= 11 is 1.77. The van der Waals surface area contributed by atoms with E-state index < -0.39 is 63.7 Å². The number of benzene rings is 3. The topological polar surface area (TPSA) is 109 Å². The molecule has 238 valence electrons. The van der Waals surface area contributed by atoms with Crippen molar-refractivity contribution < 1.29 is 32.7 Å². The molecule has 3 aromatic carbocycles. The number of imide groups is 1. The second-order valence-corrected chi connectivity index (χ2v) is 14.3. The molecule has 0 saturated carbocycles. The number of alkyl halides is 3. The number of carbonyl (C=O) groups excluding carboxylic acids is 3. The average molecular weight is 668 g/mol. The SMILES string of the molecule is CC(C)(C)c1ccc([C@H]2c3sc(=O)n(CC(=O)Nc4ccc(O)cc4)c3SC3C(=O)N(c4ccccc4C(F)(F)F)C(=O)C32)cc1. The predicted molar refractivity (Wildman–Crippen MR) is 169 cm³/mol. The number of nitrogens with one attached hydrogen (secondary N) is 1. The number of rotatable bonds is 5. The number of para-hydroxylation sites is 1. The van der Waals surface area contributed by atoms with Crippen molar-refractivity contribution in [2.45, 2.75) is 55.1 Å². The van der Waals surface area contributed by atoms with E-state index in [1.807, 2.05) is 45.0 Å². The van der Waals surface area contributed by atoms with Crippen LogP contribution in [0, 0.1) is 5.92 Å². The molecule has 13 heteroatoms. The molecule has 46 heavy (non-hydrogen) atoms. The van der Waals surface area contributed by atoms with Crippen LogP contribution >= 0.6 is 23.1 Å². The lowest BCUT2D eigenvalue weighted by Crippen LogP contribution is -2.33. The van der Waals surface area contributed by atoms with Crippen LogP contribution in [0.1, 0.15) is 48.3 Å². The van der Waals surface area contributed by atoms with Crippen molar-refractivity contribution in [2.75, 3.05) is 10.2 Å². The van der Waals surface area contributed by atoms with Crippen LogP contribution in [0.25, 0.3) is 0 Å². The minimum atomic E-state index is -4.82. The lowest BCUT2D eigenvalue weighted by atomic mass is 9.81.